The van der Waals surface area contributed by atoms with E-state index in [4.69, 9.17) is 28.4 Å². The molecule has 0 saturated carbocycles. The van der Waals surface area contributed by atoms with Crippen molar-refractivity contribution in [1.82, 2.24) is 9.97 Å². The number of thioether (sulfide) groups is 1. The van der Waals surface area contributed by atoms with Crippen molar-refractivity contribution in [2.24, 2.45) is 0 Å². The number of nitrogens with zero attached hydrogens (tertiary/aromatic N) is 1. The standard InChI is InChI=1S/C30H38N2O9S2/c1-6-11-40-29-26(39-12-13-42-30-31-9-10-32-30)16-21(17-27(29)43(34,35)18-19(2)33)23-8-7-22(41-23)20-14-24(36-3)28(38-5)25(15-20)37-4/h9-10,14-17,22-23H,6-8,11-13,18H2,1-5H3,(H,31,32)/t22-,23-/m1/s1. The number of rotatable bonds is 16. The van der Waals surface area contributed by atoms with Crippen LogP contribution in [0, 0.1) is 0 Å². The van der Waals surface area contributed by atoms with Crippen molar-refractivity contribution in [2.45, 2.75) is 55.4 Å². The molecule has 43 heavy (non-hydrogen) atoms. The van der Waals surface area contributed by atoms with Gasteiger partial charge in [-0.2, -0.15) is 0 Å². The summed E-state index contributed by atoms with van der Waals surface area (Å²) in [6.07, 6.45) is 4.62. The maximum atomic E-state index is 13.5. The van der Waals surface area contributed by atoms with Gasteiger partial charge in [-0.25, -0.2) is 13.4 Å². The van der Waals surface area contributed by atoms with Crippen LogP contribution in [0.4, 0.5) is 0 Å². The van der Waals surface area contributed by atoms with Crippen LogP contribution in [0.3, 0.4) is 0 Å². The van der Waals surface area contributed by atoms with Gasteiger partial charge in [-0.3, -0.25) is 4.79 Å². The highest BCUT2D eigenvalue weighted by atomic mass is 32.2. The van der Waals surface area contributed by atoms with Crippen molar-refractivity contribution in [3.63, 3.8) is 0 Å². The Balaban J connectivity index is 1.68. The Morgan fingerprint density at radius 2 is 1.60 bits per heavy atom. The first-order chi connectivity index (χ1) is 20.7. The van der Waals surface area contributed by atoms with E-state index in [0.29, 0.717) is 47.8 Å². The number of carbonyl (C=O) groups excluding carboxylic acids is 1. The molecule has 0 radical (unpaired) electrons. The minimum absolute atomic E-state index is 0.0813. The number of imidazole rings is 1. The average Bonchev–Trinajstić information content (AvgIpc) is 3.70. The third kappa shape index (κ3) is 7.95. The molecule has 1 N–H and O–H groups in total. The summed E-state index contributed by atoms with van der Waals surface area (Å²) >= 11 is 1.47. The van der Waals surface area contributed by atoms with Crippen LogP contribution in [0.1, 0.15) is 56.4 Å². The van der Waals surface area contributed by atoms with Crippen molar-refractivity contribution in [3.05, 3.63) is 47.8 Å². The smallest absolute Gasteiger partial charge is 0.203 e. The summed E-state index contributed by atoms with van der Waals surface area (Å²) in [6.45, 7) is 3.72. The average molecular weight is 635 g/mol. The van der Waals surface area contributed by atoms with Gasteiger partial charge in [0.1, 0.15) is 16.4 Å². The lowest BCUT2D eigenvalue weighted by Gasteiger charge is -2.21. The largest absolute Gasteiger partial charge is 0.493 e. The quantitative estimate of drug-likeness (QED) is 0.161. The topological polar surface area (TPSA) is 135 Å². The molecule has 4 rings (SSSR count). The molecule has 0 unspecified atom stereocenters. The molecule has 2 aromatic carbocycles. The minimum Gasteiger partial charge on any atom is -0.493 e. The van der Waals surface area contributed by atoms with Gasteiger partial charge in [0.05, 0.1) is 46.8 Å². The van der Waals surface area contributed by atoms with Crippen molar-refractivity contribution in [1.29, 1.82) is 0 Å². The summed E-state index contributed by atoms with van der Waals surface area (Å²) < 4.78 is 62.0. The van der Waals surface area contributed by atoms with Gasteiger partial charge >= 0.3 is 0 Å². The number of hydrogen-bond acceptors (Lipinski definition) is 11. The fraction of sp³-hybridized carbons (Fsp3) is 0.467. The molecule has 1 aliphatic rings. The molecule has 13 heteroatoms. The maximum Gasteiger partial charge on any atom is 0.203 e. The van der Waals surface area contributed by atoms with E-state index < -0.39 is 27.5 Å². The third-order valence-corrected chi connectivity index (χ3v) is 9.35. The highest BCUT2D eigenvalue weighted by molar-refractivity contribution is 7.99. The zero-order valence-electron chi connectivity index (χ0n) is 25.0. The van der Waals surface area contributed by atoms with Crippen LogP contribution in [-0.4, -0.2) is 70.2 Å². The number of nitrogens with one attached hydrogen (secondary N) is 1. The molecule has 234 valence electrons. The summed E-state index contributed by atoms with van der Waals surface area (Å²) in [7, 11) is 0.624. The van der Waals surface area contributed by atoms with Crippen LogP contribution in [0.25, 0.3) is 0 Å². The number of Topliss-reactive ketones (excluding diaryl/α,β-unsaturated/α-hetero) is 1. The first-order valence-electron chi connectivity index (χ1n) is 13.9. The van der Waals surface area contributed by atoms with Crippen molar-refractivity contribution in [2.75, 3.05) is 46.0 Å². The molecule has 0 amide bonds. The van der Waals surface area contributed by atoms with E-state index in [-0.39, 0.29) is 35.7 Å². The number of aromatic amines is 1. The summed E-state index contributed by atoms with van der Waals surface area (Å²) in [5.74, 6) is 1.35. The van der Waals surface area contributed by atoms with Crippen LogP contribution in [-0.2, 0) is 19.4 Å². The van der Waals surface area contributed by atoms with E-state index in [2.05, 4.69) is 9.97 Å². The molecule has 0 spiro atoms. The second kappa shape index (κ2) is 14.8. The zero-order valence-corrected chi connectivity index (χ0v) is 26.6. The lowest BCUT2D eigenvalue weighted by Crippen LogP contribution is -2.17. The maximum absolute atomic E-state index is 13.5. The Morgan fingerprint density at radius 3 is 2.16 bits per heavy atom. The van der Waals surface area contributed by atoms with Gasteiger partial charge in [0.2, 0.25) is 5.75 Å². The molecule has 0 aliphatic carbocycles. The van der Waals surface area contributed by atoms with Crippen LogP contribution in [0.2, 0.25) is 0 Å². The van der Waals surface area contributed by atoms with E-state index in [1.807, 2.05) is 19.1 Å². The highest BCUT2D eigenvalue weighted by Gasteiger charge is 2.33. The Hall–Kier alpha value is -3.42. The number of hydrogen-bond donors (Lipinski definition) is 1. The molecule has 0 bridgehead atoms. The number of methoxy groups -OCH3 is 3. The fourth-order valence-electron chi connectivity index (χ4n) is 4.85. The molecular weight excluding hydrogens is 596 g/mol. The predicted molar refractivity (Wildman–Crippen MR) is 162 cm³/mol. The van der Waals surface area contributed by atoms with E-state index in [0.717, 1.165) is 10.7 Å². The molecule has 1 aromatic heterocycles. The number of H-pyrrole nitrogens is 1. The normalized spacial score (nSPS) is 16.6. The Kier molecular flexibility index (Phi) is 11.2. The summed E-state index contributed by atoms with van der Waals surface area (Å²) in [4.78, 5) is 19.1. The molecule has 3 aromatic rings. The summed E-state index contributed by atoms with van der Waals surface area (Å²) in [6, 6.07) is 7.03. The Bertz CT molecular complexity index is 1470. The zero-order chi connectivity index (χ0) is 31.0. The Morgan fingerprint density at radius 1 is 0.953 bits per heavy atom. The Labute approximate surface area is 256 Å². The summed E-state index contributed by atoms with van der Waals surface area (Å²) in [5, 5.41) is 0.752. The molecule has 11 nitrogen and oxygen atoms in total. The molecule has 1 saturated heterocycles. The number of sulfone groups is 1. The number of ether oxygens (including phenoxy) is 6. The fourth-order valence-corrected chi connectivity index (χ4v) is 6.94. The number of carbonyl (C=O) groups is 1. The van der Waals surface area contributed by atoms with Crippen LogP contribution >= 0.6 is 11.8 Å². The van der Waals surface area contributed by atoms with Crippen molar-refractivity contribution in [3.8, 4) is 28.7 Å². The van der Waals surface area contributed by atoms with Crippen molar-refractivity contribution >= 4 is 27.4 Å². The highest BCUT2D eigenvalue weighted by Crippen LogP contribution is 2.48. The molecule has 2 atom stereocenters. The van der Waals surface area contributed by atoms with Gasteiger partial charge in [0.15, 0.2) is 38.0 Å². The van der Waals surface area contributed by atoms with Gasteiger partial charge in [-0.1, -0.05) is 18.7 Å². The van der Waals surface area contributed by atoms with E-state index >= 15 is 0 Å². The number of ketones is 1. The monoisotopic (exact) mass is 634 g/mol. The van der Waals surface area contributed by atoms with Gasteiger partial charge in [0, 0.05) is 18.1 Å². The first-order valence-corrected chi connectivity index (χ1v) is 16.6. The van der Waals surface area contributed by atoms with Gasteiger partial charge < -0.3 is 33.4 Å². The number of benzene rings is 2. The van der Waals surface area contributed by atoms with Crippen LogP contribution < -0.4 is 23.7 Å². The second-order valence-corrected chi connectivity index (χ2v) is 12.9. The van der Waals surface area contributed by atoms with E-state index in [1.54, 1.807) is 45.9 Å². The molecule has 1 aliphatic heterocycles. The van der Waals surface area contributed by atoms with Crippen molar-refractivity contribution < 1.29 is 41.6 Å². The van der Waals surface area contributed by atoms with E-state index in [9.17, 15) is 13.2 Å². The van der Waals surface area contributed by atoms with Crippen LogP contribution in [0.5, 0.6) is 28.7 Å². The van der Waals surface area contributed by atoms with Gasteiger partial charge in [0.25, 0.3) is 0 Å². The lowest BCUT2D eigenvalue weighted by atomic mass is 10.0. The predicted octanol–water partition coefficient (Wildman–Crippen LogP) is 5.35. The van der Waals surface area contributed by atoms with Gasteiger partial charge in [-0.15, -0.1) is 0 Å². The molecule has 1 fully saturated rings. The summed E-state index contributed by atoms with van der Waals surface area (Å²) in [5.41, 5.74) is 1.46. The molecule has 2 heterocycles. The SMILES string of the molecule is CCCOc1c(OCCSc2ncc[nH]2)cc([C@H]2CC[C@H](c3cc(OC)c(OC)c(OC)c3)O2)cc1S(=O)(=O)CC(C)=O. The number of aromatic nitrogens is 2. The minimum atomic E-state index is -4.03. The third-order valence-electron chi connectivity index (χ3n) is 6.72. The van der Waals surface area contributed by atoms with Crippen LogP contribution in [0.15, 0.2) is 46.7 Å². The van der Waals surface area contributed by atoms with E-state index in [1.165, 1.54) is 18.7 Å². The second-order valence-electron chi connectivity index (χ2n) is 9.90. The van der Waals surface area contributed by atoms with Gasteiger partial charge in [-0.05, 0) is 61.6 Å². The first kappa shape index (κ1) is 32.5. The lowest BCUT2D eigenvalue weighted by molar-refractivity contribution is -0.114. The molecular formula is C30H38N2O9S2.